The highest BCUT2D eigenvalue weighted by Crippen LogP contribution is 2.40. The maximum Gasteiger partial charge on any atom is 0.225 e. The Balaban J connectivity index is 1.86. The van der Waals surface area contributed by atoms with Crippen molar-refractivity contribution >= 4 is 17.5 Å². The fraction of sp³-hybridized carbons (Fsp3) is 0.412. The molecular weight excluding hydrogens is 295 g/mol. The largest absolute Gasteiger partial charge is 0.394 e. The van der Waals surface area contributed by atoms with Crippen LogP contribution in [-0.4, -0.2) is 27.7 Å². The second kappa shape index (κ2) is 6.50. The van der Waals surface area contributed by atoms with Gasteiger partial charge in [0.05, 0.1) is 12.3 Å². The Labute approximate surface area is 135 Å². The first-order chi connectivity index (χ1) is 11.0. The van der Waals surface area contributed by atoms with Crippen molar-refractivity contribution in [2.24, 2.45) is 0 Å². The second-order valence-electron chi connectivity index (χ2n) is 6.09. The van der Waals surface area contributed by atoms with Crippen LogP contribution in [0.5, 0.6) is 0 Å². The van der Waals surface area contributed by atoms with Gasteiger partial charge in [0, 0.05) is 23.7 Å². The molecule has 0 bridgehead atoms. The van der Waals surface area contributed by atoms with Gasteiger partial charge >= 0.3 is 0 Å². The summed E-state index contributed by atoms with van der Waals surface area (Å²) in [5.41, 5.74) is 2.36. The van der Waals surface area contributed by atoms with Gasteiger partial charge in [-0.2, -0.15) is 4.98 Å². The zero-order chi connectivity index (χ0) is 16.4. The van der Waals surface area contributed by atoms with Crippen LogP contribution in [0, 0.1) is 12.7 Å². The number of rotatable bonds is 6. The van der Waals surface area contributed by atoms with Crippen LogP contribution in [0.15, 0.2) is 24.3 Å². The molecule has 23 heavy (non-hydrogen) atoms. The summed E-state index contributed by atoms with van der Waals surface area (Å²) in [6, 6.07) is 6.69. The van der Waals surface area contributed by atoms with Crippen LogP contribution in [0.25, 0.3) is 0 Å². The van der Waals surface area contributed by atoms with Crippen molar-refractivity contribution in [2.75, 3.05) is 17.2 Å². The minimum absolute atomic E-state index is 0.0108. The molecule has 2 aromatic rings. The molecule has 1 aromatic heterocycles. The Morgan fingerprint density at radius 2 is 2.09 bits per heavy atom. The average Bonchev–Trinajstić information content (AvgIpc) is 3.35. The molecule has 1 atom stereocenters. The number of halogens is 1. The molecule has 122 valence electrons. The minimum Gasteiger partial charge on any atom is -0.394 e. The number of hydrogen-bond acceptors (Lipinski definition) is 5. The molecule has 1 aliphatic carbocycles. The van der Waals surface area contributed by atoms with Crippen molar-refractivity contribution in [2.45, 2.75) is 38.6 Å². The number of aliphatic hydroxyl groups is 1. The third-order valence-electron chi connectivity index (χ3n) is 3.82. The van der Waals surface area contributed by atoms with Gasteiger partial charge < -0.3 is 15.7 Å². The summed E-state index contributed by atoms with van der Waals surface area (Å²) in [5, 5.41) is 15.5. The zero-order valence-corrected chi connectivity index (χ0v) is 13.3. The van der Waals surface area contributed by atoms with Crippen molar-refractivity contribution in [1.29, 1.82) is 0 Å². The lowest BCUT2D eigenvalue weighted by molar-refractivity contribution is 0.281. The molecule has 1 aromatic carbocycles. The predicted molar refractivity (Wildman–Crippen MR) is 88.6 cm³/mol. The molecule has 0 spiro atoms. The summed E-state index contributed by atoms with van der Waals surface area (Å²) in [6.07, 6.45) is 2.28. The molecular formula is C17H21FN4O. The Morgan fingerprint density at radius 3 is 2.74 bits per heavy atom. The SMILES string of the molecule is Cc1cc(Nc2cc(C3CC3)nc(N[C@H](C)CO)n2)ccc1F. The van der Waals surface area contributed by atoms with E-state index < -0.39 is 0 Å². The van der Waals surface area contributed by atoms with Crippen LogP contribution in [0.2, 0.25) is 0 Å². The second-order valence-corrected chi connectivity index (χ2v) is 6.09. The monoisotopic (exact) mass is 316 g/mol. The van der Waals surface area contributed by atoms with Crippen LogP contribution in [0.1, 0.15) is 36.9 Å². The van der Waals surface area contributed by atoms with E-state index >= 15 is 0 Å². The zero-order valence-electron chi connectivity index (χ0n) is 13.3. The van der Waals surface area contributed by atoms with Crippen molar-refractivity contribution in [3.63, 3.8) is 0 Å². The number of benzene rings is 1. The van der Waals surface area contributed by atoms with Crippen LogP contribution >= 0.6 is 0 Å². The summed E-state index contributed by atoms with van der Waals surface area (Å²) in [4.78, 5) is 8.96. The highest BCUT2D eigenvalue weighted by atomic mass is 19.1. The van der Waals surface area contributed by atoms with Gasteiger partial charge in [0.1, 0.15) is 11.6 Å². The molecule has 0 unspecified atom stereocenters. The van der Waals surface area contributed by atoms with E-state index in [4.69, 9.17) is 0 Å². The van der Waals surface area contributed by atoms with Gasteiger partial charge in [-0.15, -0.1) is 0 Å². The Hall–Kier alpha value is -2.21. The number of aryl methyl sites for hydroxylation is 1. The fourth-order valence-electron chi connectivity index (χ4n) is 2.32. The topological polar surface area (TPSA) is 70.1 Å². The molecule has 5 nitrogen and oxygen atoms in total. The quantitative estimate of drug-likeness (QED) is 0.762. The third-order valence-corrected chi connectivity index (χ3v) is 3.82. The minimum atomic E-state index is -0.226. The summed E-state index contributed by atoms with van der Waals surface area (Å²) in [6.45, 7) is 3.60. The predicted octanol–water partition coefficient (Wildman–Crippen LogP) is 3.34. The third kappa shape index (κ3) is 3.96. The van der Waals surface area contributed by atoms with Gasteiger partial charge in [0.15, 0.2) is 0 Å². The van der Waals surface area contributed by atoms with E-state index in [9.17, 15) is 9.50 Å². The lowest BCUT2D eigenvalue weighted by Crippen LogP contribution is -2.21. The highest BCUT2D eigenvalue weighted by molar-refractivity contribution is 5.59. The molecule has 1 saturated carbocycles. The number of aliphatic hydroxyl groups excluding tert-OH is 1. The van der Waals surface area contributed by atoms with Crippen molar-refractivity contribution in [3.05, 3.63) is 41.3 Å². The van der Waals surface area contributed by atoms with Crippen LogP contribution in [0.3, 0.4) is 0 Å². The van der Waals surface area contributed by atoms with Gasteiger partial charge in [0.25, 0.3) is 0 Å². The molecule has 3 N–H and O–H groups in total. The summed E-state index contributed by atoms with van der Waals surface area (Å²) in [7, 11) is 0. The first kappa shape index (κ1) is 15.7. The van der Waals surface area contributed by atoms with E-state index in [0.717, 1.165) is 24.2 Å². The van der Waals surface area contributed by atoms with Crippen molar-refractivity contribution in [1.82, 2.24) is 9.97 Å². The van der Waals surface area contributed by atoms with Crippen LogP contribution in [-0.2, 0) is 0 Å². The number of nitrogens with zero attached hydrogens (tertiary/aromatic N) is 2. The van der Waals surface area contributed by atoms with Gasteiger partial charge in [-0.05, 0) is 50.5 Å². The van der Waals surface area contributed by atoms with E-state index in [2.05, 4.69) is 20.6 Å². The fourth-order valence-corrected chi connectivity index (χ4v) is 2.32. The van der Waals surface area contributed by atoms with E-state index in [1.54, 1.807) is 19.1 Å². The van der Waals surface area contributed by atoms with Gasteiger partial charge in [-0.3, -0.25) is 0 Å². The average molecular weight is 316 g/mol. The summed E-state index contributed by atoms with van der Waals surface area (Å²) in [5.74, 6) is 1.42. The summed E-state index contributed by atoms with van der Waals surface area (Å²) >= 11 is 0. The molecule has 0 saturated heterocycles. The number of aromatic nitrogens is 2. The maximum atomic E-state index is 13.4. The molecule has 1 fully saturated rings. The normalized spacial score (nSPS) is 15.3. The summed E-state index contributed by atoms with van der Waals surface area (Å²) < 4.78 is 13.4. The first-order valence-electron chi connectivity index (χ1n) is 7.84. The maximum absolute atomic E-state index is 13.4. The Kier molecular flexibility index (Phi) is 4.43. The first-order valence-corrected chi connectivity index (χ1v) is 7.84. The number of anilines is 3. The van der Waals surface area contributed by atoms with Gasteiger partial charge in [0.2, 0.25) is 5.95 Å². The lowest BCUT2D eigenvalue weighted by Gasteiger charge is -2.14. The van der Waals surface area contributed by atoms with Gasteiger partial charge in [-0.25, -0.2) is 9.37 Å². The van der Waals surface area contributed by atoms with Gasteiger partial charge in [-0.1, -0.05) is 0 Å². The molecule has 0 amide bonds. The van der Waals surface area contributed by atoms with E-state index in [1.165, 1.54) is 6.07 Å². The van der Waals surface area contributed by atoms with E-state index in [-0.39, 0.29) is 18.5 Å². The van der Waals surface area contributed by atoms with Crippen LogP contribution < -0.4 is 10.6 Å². The molecule has 3 rings (SSSR count). The van der Waals surface area contributed by atoms with Crippen molar-refractivity contribution in [3.8, 4) is 0 Å². The molecule has 0 aliphatic heterocycles. The Bertz CT molecular complexity index is 703. The molecule has 0 radical (unpaired) electrons. The van der Waals surface area contributed by atoms with Crippen LogP contribution in [0.4, 0.5) is 21.8 Å². The lowest BCUT2D eigenvalue weighted by atomic mass is 10.2. The molecule has 1 heterocycles. The van der Waals surface area contributed by atoms with E-state index in [0.29, 0.717) is 23.2 Å². The van der Waals surface area contributed by atoms with E-state index in [1.807, 2.05) is 13.0 Å². The molecule has 1 aliphatic rings. The smallest absolute Gasteiger partial charge is 0.225 e. The van der Waals surface area contributed by atoms with Crippen molar-refractivity contribution < 1.29 is 9.50 Å². The molecule has 6 heteroatoms. The number of hydrogen-bond donors (Lipinski definition) is 3. The number of nitrogens with one attached hydrogen (secondary N) is 2. The Morgan fingerprint density at radius 1 is 1.30 bits per heavy atom. The highest BCUT2D eigenvalue weighted by Gasteiger charge is 2.26. The standard InChI is InChI=1S/C17H21FN4O/c1-10-7-13(5-6-14(10)18)20-16-8-15(12-3-4-12)21-17(22-16)19-11(2)9-23/h5-8,11-12,23H,3-4,9H2,1-2H3,(H2,19,20,21,22)/t11-/m1/s1.